The fourth-order valence-corrected chi connectivity index (χ4v) is 3.70. The van der Waals surface area contributed by atoms with Crippen LogP contribution >= 0.6 is 11.3 Å². The minimum Gasteiger partial charge on any atom is -0.448 e. The van der Waals surface area contributed by atoms with E-state index in [4.69, 9.17) is 4.74 Å². The van der Waals surface area contributed by atoms with Crippen LogP contribution in [0.25, 0.3) is 0 Å². The van der Waals surface area contributed by atoms with Crippen LogP contribution in [0.15, 0.2) is 36.4 Å². The van der Waals surface area contributed by atoms with E-state index in [1.54, 1.807) is 0 Å². The van der Waals surface area contributed by atoms with Gasteiger partial charge in [0.25, 0.3) is 5.91 Å². The third-order valence-corrected chi connectivity index (χ3v) is 5.33. The number of aryl methyl sites for hydroxylation is 1. The van der Waals surface area contributed by atoms with Crippen molar-refractivity contribution in [1.82, 2.24) is 5.32 Å². The molecule has 0 radical (unpaired) electrons. The van der Waals surface area contributed by atoms with Crippen LogP contribution < -0.4 is 5.32 Å². The lowest BCUT2D eigenvalue weighted by Gasteiger charge is -2.27. The first-order valence-corrected chi connectivity index (χ1v) is 9.10. The summed E-state index contributed by atoms with van der Waals surface area (Å²) < 4.78 is 5.16. The Hall–Kier alpha value is -2.74. The van der Waals surface area contributed by atoms with Crippen molar-refractivity contribution >= 4 is 28.2 Å². The van der Waals surface area contributed by atoms with Crippen molar-refractivity contribution in [1.29, 1.82) is 0 Å². The van der Waals surface area contributed by atoms with E-state index < -0.39 is 17.0 Å². The lowest BCUT2D eigenvalue weighted by atomic mass is 9.87. The maximum atomic E-state index is 12.4. The number of esters is 1. The lowest BCUT2D eigenvalue weighted by molar-refractivity contribution is -0.380. The largest absolute Gasteiger partial charge is 0.448 e. The molecule has 2 atom stereocenters. The normalized spacial score (nSPS) is 17.0. The van der Waals surface area contributed by atoms with E-state index in [1.165, 1.54) is 24.6 Å². The van der Waals surface area contributed by atoms with Gasteiger partial charge in [0.1, 0.15) is 4.88 Å². The molecule has 1 amide bonds. The molecule has 0 saturated heterocycles. The minimum absolute atomic E-state index is 0.0966. The lowest BCUT2D eigenvalue weighted by Crippen LogP contribution is -2.39. The van der Waals surface area contributed by atoms with Gasteiger partial charge in [0.05, 0.1) is 11.0 Å². The number of carbonyl (C=O) groups excluding carboxylic acids is 2. The van der Waals surface area contributed by atoms with Gasteiger partial charge in [-0.3, -0.25) is 14.9 Å². The molecule has 0 fully saturated rings. The number of hydrogen-bond donors (Lipinski definition) is 1. The zero-order valence-corrected chi connectivity index (χ0v) is 15.0. The standard InChI is InChI=1S/C18H18N2O5S/c1-11(25-18(22)15-9-10-16(26-15)20(23)24)17(21)19-14-8-4-6-12-5-2-3-7-13(12)14/h2-3,5,7,9-11,14H,4,6,8H2,1H3,(H,19,21)/t11-,14+/m0/s1. The Bertz CT molecular complexity index is 848. The summed E-state index contributed by atoms with van der Waals surface area (Å²) in [5.41, 5.74) is 2.32. The highest BCUT2D eigenvalue weighted by molar-refractivity contribution is 7.17. The number of nitrogens with one attached hydrogen (secondary N) is 1. The van der Waals surface area contributed by atoms with E-state index in [9.17, 15) is 19.7 Å². The number of nitro groups is 1. The van der Waals surface area contributed by atoms with Gasteiger partial charge >= 0.3 is 11.0 Å². The zero-order valence-electron chi connectivity index (χ0n) is 14.1. The zero-order chi connectivity index (χ0) is 18.7. The molecule has 26 heavy (non-hydrogen) atoms. The van der Waals surface area contributed by atoms with Gasteiger partial charge < -0.3 is 10.1 Å². The molecule has 1 aromatic heterocycles. The highest BCUT2D eigenvalue weighted by Crippen LogP contribution is 2.29. The Morgan fingerprint density at radius 2 is 2.08 bits per heavy atom. The van der Waals surface area contributed by atoms with E-state index in [0.717, 1.165) is 36.2 Å². The number of fused-ring (bicyclic) bond motifs is 1. The fourth-order valence-electron chi connectivity index (χ4n) is 3.00. The Morgan fingerprint density at radius 1 is 1.31 bits per heavy atom. The molecule has 1 aliphatic rings. The number of hydrogen-bond acceptors (Lipinski definition) is 6. The third-order valence-electron chi connectivity index (χ3n) is 4.31. The number of carbonyl (C=O) groups is 2. The molecule has 0 bridgehead atoms. The molecule has 136 valence electrons. The average molecular weight is 374 g/mol. The molecule has 8 heteroatoms. The van der Waals surface area contributed by atoms with Crippen molar-refractivity contribution in [3.63, 3.8) is 0 Å². The third kappa shape index (κ3) is 3.91. The summed E-state index contributed by atoms with van der Waals surface area (Å²) in [6, 6.07) is 10.4. The molecule has 1 N–H and O–H groups in total. The molecular weight excluding hydrogens is 356 g/mol. The molecule has 1 aromatic carbocycles. The Labute approximate surface area is 154 Å². The van der Waals surface area contributed by atoms with Crippen molar-refractivity contribution in [2.45, 2.75) is 38.3 Å². The fraction of sp³-hybridized carbons (Fsp3) is 0.333. The number of benzene rings is 1. The molecule has 2 aromatic rings. The van der Waals surface area contributed by atoms with E-state index in [0.29, 0.717) is 0 Å². The van der Waals surface area contributed by atoms with Gasteiger partial charge in [-0.15, -0.1) is 0 Å². The highest BCUT2D eigenvalue weighted by Gasteiger charge is 2.26. The number of amides is 1. The second kappa shape index (κ2) is 7.65. The summed E-state index contributed by atoms with van der Waals surface area (Å²) in [7, 11) is 0. The second-order valence-electron chi connectivity index (χ2n) is 6.09. The van der Waals surface area contributed by atoms with Crippen molar-refractivity contribution < 1.29 is 19.2 Å². The van der Waals surface area contributed by atoms with E-state index >= 15 is 0 Å². The molecule has 0 saturated carbocycles. The monoisotopic (exact) mass is 374 g/mol. The summed E-state index contributed by atoms with van der Waals surface area (Å²) in [4.78, 5) is 34.7. The summed E-state index contributed by atoms with van der Waals surface area (Å²) in [6.07, 6.45) is 1.82. The molecule has 0 unspecified atom stereocenters. The predicted octanol–water partition coefficient (Wildman–Crippen LogP) is 3.40. The summed E-state index contributed by atoms with van der Waals surface area (Å²) >= 11 is 0.724. The van der Waals surface area contributed by atoms with E-state index in [1.807, 2.05) is 18.2 Å². The molecule has 1 aliphatic carbocycles. The van der Waals surface area contributed by atoms with E-state index in [2.05, 4.69) is 11.4 Å². The van der Waals surface area contributed by atoms with Crippen molar-refractivity contribution in [3.05, 3.63) is 62.5 Å². The molecule has 3 rings (SSSR count). The molecule has 0 spiro atoms. The summed E-state index contributed by atoms with van der Waals surface area (Å²) in [6.45, 7) is 1.49. The SMILES string of the molecule is C[C@H](OC(=O)c1ccc([N+](=O)[O-])s1)C(=O)N[C@@H]1CCCc2ccccc21. The summed E-state index contributed by atoms with van der Waals surface area (Å²) in [5.74, 6) is -1.12. The molecule has 7 nitrogen and oxygen atoms in total. The maximum absolute atomic E-state index is 12.4. The van der Waals surface area contributed by atoms with Crippen LogP contribution in [-0.4, -0.2) is 22.9 Å². The van der Waals surface area contributed by atoms with Gasteiger partial charge in [0, 0.05) is 6.07 Å². The van der Waals surface area contributed by atoms with Crippen LogP contribution in [0.3, 0.4) is 0 Å². The van der Waals surface area contributed by atoms with E-state index in [-0.39, 0.29) is 21.8 Å². The van der Waals surface area contributed by atoms with Crippen molar-refractivity contribution in [2.75, 3.05) is 0 Å². The van der Waals surface area contributed by atoms with Crippen LogP contribution in [-0.2, 0) is 16.0 Å². The molecule has 1 heterocycles. The van der Waals surface area contributed by atoms with Gasteiger partial charge in [-0.2, -0.15) is 0 Å². The first kappa shape index (κ1) is 18.1. The Morgan fingerprint density at radius 3 is 2.81 bits per heavy atom. The maximum Gasteiger partial charge on any atom is 0.349 e. The highest BCUT2D eigenvalue weighted by atomic mass is 32.1. The Kier molecular flexibility index (Phi) is 5.32. The second-order valence-corrected chi connectivity index (χ2v) is 7.16. The van der Waals surface area contributed by atoms with Crippen LogP contribution in [0.2, 0.25) is 0 Å². The van der Waals surface area contributed by atoms with Crippen molar-refractivity contribution in [2.24, 2.45) is 0 Å². The Balaban J connectivity index is 1.61. The van der Waals surface area contributed by atoms with Gasteiger partial charge in [0.2, 0.25) is 0 Å². The first-order chi connectivity index (χ1) is 12.5. The van der Waals surface area contributed by atoms with Gasteiger partial charge in [0.15, 0.2) is 6.10 Å². The smallest absolute Gasteiger partial charge is 0.349 e. The van der Waals surface area contributed by atoms with Gasteiger partial charge in [-0.05, 0) is 43.4 Å². The number of thiophene rings is 1. The number of nitrogens with zero attached hydrogens (tertiary/aromatic N) is 1. The van der Waals surface area contributed by atoms with Crippen LogP contribution in [0, 0.1) is 10.1 Å². The first-order valence-electron chi connectivity index (χ1n) is 8.29. The predicted molar refractivity (Wildman–Crippen MR) is 96.1 cm³/mol. The molecule has 0 aliphatic heterocycles. The van der Waals surface area contributed by atoms with Gasteiger partial charge in [-0.25, -0.2) is 4.79 Å². The van der Waals surface area contributed by atoms with Crippen LogP contribution in [0.4, 0.5) is 5.00 Å². The quantitative estimate of drug-likeness (QED) is 0.491. The molecular formula is C18H18N2O5S. The summed E-state index contributed by atoms with van der Waals surface area (Å²) in [5, 5.41) is 13.5. The number of ether oxygens (including phenoxy) is 1. The minimum atomic E-state index is -0.988. The average Bonchev–Trinajstić information content (AvgIpc) is 3.12. The topological polar surface area (TPSA) is 98.5 Å². The number of rotatable bonds is 5. The van der Waals surface area contributed by atoms with Crippen LogP contribution in [0.5, 0.6) is 0 Å². The van der Waals surface area contributed by atoms with Gasteiger partial charge in [-0.1, -0.05) is 35.6 Å². The van der Waals surface area contributed by atoms with Crippen LogP contribution in [0.1, 0.15) is 46.6 Å². The van der Waals surface area contributed by atoms with Crippen molar-refractivity contribution in [3.8, 4) is 0 Å².